The molecular weight excluding hydrogens is 470 g/mol. The van der Waals surface area contributed by atoms with Gasteiger partial charge in [0.25, 0.3) is 0 Å². The third-order valence-electron chi connectivity index (χ3n) is 6.50. The Balaban J connectivity index is 1.60. The molecule has 0 saturated heterocycles. The molecule has 0 aromatic heterocycles. The van der Waals surface area contributed by atoms with Gasteiger partial charge in [0.15, 0.2) is 0 Å². The summed E-state index contributed by atoms with van der Waals surface area (Å²) in [7, 11) is 3.34. The van der Waals surface area contributed by atoms with Gasteiger partial charge in [0.2, 0.25) is 0 Å². The number of hydrogen-bond donors (Lipinski definition) is 3. The average molecular weight is 510 g/mol. The Hall–Kier alpha value is -3.72. The second-order valence-corrected chi connectivity index (χ2v) is 9.40. The number of carbonyl (C=O) groups is 2. The zero-order chi connectivity index (χ0) is 26.8. The van der Waals surface area contributed by atoms with Gasteiger partial charge in [-0.1, -0.05) is 48.9 Å². The third kappa shape index (κ3) is 8.15. The van der Waals surface area contributed by atoms with Crippen molar-refractivity contribution >= 4 is 23.4 Å². The van der Waals surface area contributed by atoms with Crippen molar-refractivity contribution in [3.63, 3.8) is 0 Å². The van der Waals surface area contributed by atoms with E-state index in [1.54, 1.807) is 14.1 Å². The molecule has 0 heterocycles. The van der Waals surface area contributed by atoms with Crippen molar-refractivity contribution in [3.05, 3.63) is 71.4 Å². The summed E-state index contributed by atoms with van der Waals surface area (Å²) in [6.07, 6.45) is 3.16. The Bertz CT molecular complexity index is 1060. The van der Waals surface area contributed by atoms with Crippen LogP contribution in [0.2, 0.25) is 0 Å². The summed E-state index contributed by atoms with van der Waals surface area (Å²) in [5, 5.41) is 4.89. The highest BCUT2D eigenvalue weighted by molar-refractivity contribution is 5.73. The maximum Gasteiger partial charge on any atom is 0.410 e. The summed E-state index contributed by atoms with van der Waals surface area (Å²) in [5.74, 6) is 5.86. The number of nitrogens with zero attached hydrogens (tertiary/aromatic N) is 2. The lowest BCUT2D eigenvalue weighted by Crippen LogP contribution is -2.33. The molecule has 2 aromatic carbocycles. The molecule has 1 amide bonds. The van der Waals surface area contributed by atoms with Crippen LogP contribution in [0.3, 0.4) is 0 Å². The summed E-state index contributed by atoms with van der Waals surface area (Å²) in [5.41, 5.74) is 10.1. The van der Waals surface area contributed by atoms with Crippen LogP contribution < -0.4 is 16.9 Å². The molecule has 2 unspecified atom stereocenters. The normalized spacial score (nSPS) is 17.8. The summed E-state index contributed by atoms with van der Waals surface area (Å²) in [4.78, 5) is 26.1. The van der Waals surface area contributed by atoms with Crippen LogP contribution >= 0.6 is 0 Å². The third-order valence-corrected chi connectivity index (χ3v) is 6.50. The van der Waals surface area contributed by atoms with Gasteiger partial charge in [0.05, 0.1) is 23.9 Å². The minimum atomic E-state index is -0.468. The molecule has 1 aliphatic rings. The van der Waals surface area contributed by atoms with Crippen molar-refractivity contribution in [2.75, 3.05) is 32.6 Å². The quantitative estimate of drug-likeness (QED) is 0.250. The zero-order valence-corrected chi connectivity index (χ0v) is 22.0. The van der Waals surface area contributed by atoms with Crippen molar-refractivity contribution in [2.45, 2.75) is 45.2 Å². The van der Waals surface area contributed by atoms with Gasteiger partial charge in [-0.05, 0) is 49.4 Å². The first-order valence-corrected chi connectivity index (χ1v) is 12.7. The average Bonchev–Trinajstić information content (AvgIpc) is 2.89. The van der Waals surface area contributed by atoms with E-state index in [1.165, 1.54) is 9.91 Å². The number of ether oxygens (including phenoxy) is 2. The van der Waals surface area contributed by atoms with E-state index in [9.17, 15) is 9.59 Å². The number of hydrogen-bond acceptors (Lipinski definition) is 8. The first-order valence-electron chi connectivity index (χ1n) is 12.7. The van der Waals surface area contributed by atoms with Crippen molar-refractivity contribution < 1.29 is 19.1 Å². The molecule has 9 heteroatoms. The van der Waals surface area contributed by atoms with E-state index in [-0.39, 0.29) is 24.5 Å². The first kappa shape index (κ1) is 27.9. The minimum absolute atomic E-state index is 0.0545. The molecule has 0 aliphatic heterocycles. The monoisotopic (exact) mass is 509 g/mol. The SMILES string of the molecule is CCOC(=O)C1CCCC(Nc2ccc(/C(N)=C(\COC(=O)N(C)Cc3ccccc3)N(C)N)cc2)C1. The van der Waals surface area contributed by atoms with E-state index in [4.69, 9.17) is 21.1 Å². The van der Waals surface area contributed by atoms with Crippen LogP contribution in [0, 0.1) is 5.92 Å². The number of rotatable bonds is 10. The minimum Gasteiger partial charge on any atom is -0.466 e. The Morgan fingerprint density at radius 1 is 1.03 bits per heavy atom. The highest BCUT2D eigenvalue weighted by Gasteiger charge is 2.28. The van der Waals surface area contributed by atoms with E-state index in [2.05, 4.69) is 5.32 Å². The molecule has 0 spiro atoms. The van der Waals surface area contributed by atoms with Crippen LogP contribution in [0.15, 0.2) is 60.3 Å². The maximum absolute atomic E-state index is 12.5. The fraction of sp³-hybridized carbons (Fsp3) is 0.429. The van der Waals surface area contributed by atoms with Crippen molar-refractivity contribution in [2.24, 2.45) is 17.5 Å². The van der Waals surface area contributed by atoms with Gasteiger partial charge >= 0.3 is 12.1 Å². The van der Waals surface area contributed by atoms with Crippen LogP contribution in [0.4, 0.5) is 10.5 Å². The van der Waals surface area contributed by atoms with Gasteiger partial charge in [-0.2, -0.15) is 0 Å². The Morgan fingerprint density at radius 2 is 1.73 bits per heavy atom. The number of likely N-dealkylation sites (N-methyl/N-ethyl adjacent to an activating group) is 1. The molecule has 200 valence electrons. The molecule has 2 atom stereocenters. The number of esters is 1. The van der Waals surface area contributed by atoms with E-state index in [0.717, 1.165) is 42.5 Å². The molecule has 3 rings (SSSR count). The Kier molecular flexibility index (Phi) is 10.2. The molecule has 0 bridgehead atoms. The van der Waals surface area contributed by atoms with Gasteiger partial charge < -0.3 is 30.4 Å². The van der Waals surface area contributed by atoms with Crippen LogP contribution in [0.1, 0.15) is 43.7 Å². The predicted molar refractivity (Wildman–Crippen MR) is 145 cm³/mol. The van der Waals surface area contributed by atoms with Gasteiger partial charge in [-0.25, -0.2) is 10.6 Å². The summed E-state index contributed by atoms with van der Waals surface area (Å²) < 4.78 is 10.7. The molecular formula is C28H39N5O4. The number of nitrogens with two attached hydrogens (primary N) is 2. The summed E-state index contributed by atoms with van der Waals surface area (Å²) in [6, 6.07) is 17.6. The predicted octanol–water partition coefficient (Wildman–Crippen LogP) is 3.92. The van der Waals surface area contributed by atoms with Crippen molar-refractivity contribution in [1.29, 1.82) is 0 Å². The summed E-state index contributed by atoms with van der Waals surface area (Å²) in [6.45, 7) is 2.62. The largest absolute Gasteiger partial charge is 0.466 e. The van der Waals surface area contributed by atoms with E-state index >= 15 is 0 Å². The van der Waals surface area contributed by atoms with E-state index in [1.807, 2.05) is 61.5 Å². The second-order valence-electron chi connectivity index (χ2n) is 9.40. The standard InChI is InChI=1S/C28H39N5O4/c1-4-36-27(34)22-11-8-12-24(17-22)31-23-15-13-21(14-16-23)26(29)25(33(3)30)19-37-28(35)32(2)18-20-9-6-5-7-10-20/h5-7,9-10,13-16,22,24,31H,4,8,11-12,17-19,29-30H2,1-3H3/b26-25-. The highest BCUT2D eigenvalue weighted by Crippen LogP contribution is 2.28. The lowest BCUT2D eigenvalue weighted by molar-refractivity contribution is -0.149. The van der Waals surface area contributed by atoms with Crippen LogP contribution in [-0.2, 0) is 20.8 Å². The van der Waals surface area contributed by atoms with Gasteiger partial charge in [-0.15, -0.1) is 0 Å². The molecule has 5 N–H and O–H groups in total. The maximum atomic E-state index is 12.5. The number of benzene rings is 2. The lowest BCUT2D eigenvalue weighted by atomic mass is 9.85. The van der Waals surface area contributed by atoms with E-state index < -0.39 is 6.09 Å². The first-order chi connectivity index (χ1) is 17.8. The zero-order valence-electron chi connectivity index (χ0n) is 22.0. The molecule has 1 saturated carbocycles. The molecule has 9 nitrogen and oxygen atoms in total. The fourth-order valence-electron chi connectivity index (χ4n) is 4.48. The van der Waals surface area contributed by atoms with Crippen LogP contribution in [0.25, 0.3) is 5.70 Å². The molecule has 1 fully saturated rings. The van der Waals surface area contributed by atoms with Gasteiger partial charge in [-0.3, -0.25) is 4.79 Å². The second kappa shape index (κ2) is 13.5. The molecule has 1 aliphatic carbocycles. The fourth-order valence-corrected chi connectivity index (χ4v) is 4.48. The Morgan fingerprint density at radius 3 is 2.38 bits per heavy atom. The van der Waals surface area contributed by atoms with Crippen molar-refractivity contribution in [1.82, 2.24) is 9.91 Å². The number of anilines is 1. The van der Waals surface area contributed by atoms with E-state index in [0.29, 0.717) is 24.5 Å². The van der Waals surface area contributed by atoms with Gasteiger partial charge in [0, 0.05) is 32.4 Å². The summed E-state index contributed by atoms with van der Waals surface area (Å²) >= 11 is 0. The number of carbonyl (C=O) groups excluding carboxylic acids is 2. The number of hydrazine groups is 1. The highest BCUT2D eigenvalue weighted by atomic mass is 16.6. The number of nitrogens with one attached hydrogen (secondary N) is 1. The van der Waals surface area contributed by atoms with Crippen LogP contribution in [0.5, 0.6) is 0 Å². The lowest BCUT2D eigenvalue weighted by Gasteiger charge is -2.29. The smallest absolute Gasteiger partial charge is 0.410 e. The topological polar surface area (TPSA) is 123 Å². The Labute approximate surface area is 219 Å². The van der Waals surface area contributed by atoms with Gasteiger partial charge in [0.1, 0.15) is 6.61 Å². The van der Waals surface area contributed by atoms with Crippen molar-refractivity contribution in [3.8, 4) is 0 Å². The molecule has 0 radical (unpaired) electrons. The molecule has 2 aromatic rings. The van der Waals surface area contributed by atoms with Crippen LogP contribution in [-0.4, -0.2) is 55.3 Å². The number of amides is 1. The molecule has 37 heavy (non-hydrogen) atoms.